The van der Waals surface area contributed by atoms with Crippen LogP contribution in [0.3, 0.4) is 0 Å². The van der Waals surface area contributed by atoms with Crippen molar-refractivity contribution < 1.29 is 28.8 Å². The van der Waals surface area contributed by atoms with Gasteiger partial charge in [0.15, 0.2) is 23.0 Å². The van der Waals surface area contributed by atoms with Crippen molar-refractivity contribution in [1.82, 2.24) is 5.32 Å². The van der Waals surface area contributed by atoms with Crippen LogP contribution in [-0.2, 0) is 13.0 Å². The largest absolute Gasteiger partial charge is 0.497 e. The average Bonchev–Trinajstić information content (AvgIpc) is 3.34. The predicted molar refractivity (Wildman–Crippen MR) is 139 cm³/mol. The van der Waals surface area contributed by atoms with Crippen molar-refractivity contribution in [2.75, 3.05) is 34.2 Å². The number of ether oxygens (including phenoxy) is 5. The Morgan fingerprint density at radius 1 is 0.971 bits per heavy atom. The van der Waals surface area contributed by atoms with Gasteiger partial charge in [-0.3, -0.25) is 0 Å². The summed E-state index contributed by atoms with van der Waals surface area (Å²) in [6, 6.07) is 17.4. The molecule has 0 spiro atoms. The van der Waals surface area contributed by atoms with Crippen molar-refractivity contribution in [2.45, 2.75) is 19.1 Å². The fourth-order valence-corrected chi connectivity index (χ4v) is 4.26. The van der Waals surface area contributed by atoms with E-state index in [9.17, 15) is 5.11 Å². The van der Waals surface area contributed by atoms with E-state index in [4.69, 9.17) is 23.7 Å². The lowest BCUT2D eigenvalue weighted by molar-refractivity contribution is 0.105. The van der Waals surface area contributed by atoms with Gasteiger partial charge in [0.25, 0.3) is 0 Å². The third-order valence-electron chi connectivity index (χ3n) is 5.53. The number of aliphatic hydroxyl groups excluding tert-OH is 1. The normalized spacial score (nSPS) is 12.6. The number of nitrogens with one attached hydrogen (secondary N) is 1. The number of methoxy groups -OCH3 is 2. The van der Waals surface area contributed by atoms with Gasteiger partial charge in [0.05, 0.1) is 18.7 Å². The second kappa shape index (κ2) is 12.9. The molecule has 0 saturated carbocycles. The molecular formula is C26H29BrClNO6. The maximum absolute atomic E-state index is 10.6. The van der Waals surface area contributed by atoms with Crippen molar-refractivity contribution in [1.29, 1.82) is 0 Å². The Bertz CT molecular complexity index is 1110. The minimum atomic E-state index is -0.828. The number of benzene rings is 3. The summed E-state index contributed by atoms with van der Waals surface area (Å²) in [7, 11) is 3.27. The molecule has 1 heterocycles. The van der Waals surface area contributed by atoms with E-state index in [1.54, 1.807) is 32.4 Å². The lowest BCUT2D eigenvalue weighted by Crippen LogP contribution is -2.17. The zero-order valence-corrected chi connectivity index (χ0v) is 22.0. The maximum Gasteiger partial charge on any atom is 0.231 e. The molecule has 0 bridgehead atoms. The minimum Gasteiger partial charge on any atom is -0.497 e. The molecule has 1 aliphatic heterocycles. The van der Waals surface area contributed by atoms with Gasteiger partial charge in [-0.05, 0) is 82.0 Å². The van der Waals surface area contributed by atoms with Crippen molar-refractivity contribution in [3.63, 3.8) is 0 Å². The third kappa shape index (κ3) is 6.95. The lowest BCUT2D eigenvalue weighted by Gasteiger charge is -2.17. The molecule has 1 unspecified atom stereocenters. The van der Waals surface area contributed by atoms with Crippen LogP contribution in [0.1, 0.15) is 22.8 Å². The van der Waals surface area contributed by atoms with Crippen LogP contribution >= 0.6 is 28.3 Å². The van der Waals surface area contributed by atoms with E-state index in [1.165, 1.54) is 5.56 Å². The van der Waals surface area contributed by atoms with Gasteiger partial charge in [0.2, 0.25) is 6.79 Å². The Morgan fingerprint density at radius 2 is 1.74 bits per heavy atom. The molecule has 7 nitrogen and oxygen atoms in total. The Hall–Kier alpha value is -2.65. The van der Waals surface area contributed by atoms with Crippen molar-refractivity contribution in [2.24, 2.45) is 0 Å². The summed E-state index contributed by atoms with van der Waals surface area (Å²) >= 11 is 3.58. The number of hydrogen-bond acceptors (Lipinski definition) is 7. The molecule has 0 amide bonds. The smallest absolute Gasteiger partial charge is 0.231 e. The fraction of sp³-hybridized carbons (Fsp3) is 0.308. The van der Waals surface area contributed by atoms with Gasteiger partial charge in [-0.1, -0.05) is 18.2 Å². The monoisotopic (exact) mass is 565 g/mol. The van der Waals surface area contributed by atoms with Gasteiger partial charge in [-0.15, -0.1) is 12.4 Å². The average molecular weight is 567 g/mol. The first-order valence-corrected chi connectivity index (χ1v) is 11.8. The van der Waals surface area contributed by atoms with E-state index in [1.807, 2.05) is 24.3 Å². The summed E-state index contributed by atoms with van der Waals surface area (Å²) in [5.74, 6) is 3.30. The summed E-state index contributed by atoms with van der Waals surface area (Å²) in [6.07, 6.45) is 0.0896. The summed E-state index contributed by atoms with van der Waals surface area (Å²) in [4.78, 5) is 0. The van der Waals surface area contributed by atoms with Crippen LogP contribution in [0.5, 0.6) is 28.7 Å². The van der Waals surface area contributed by atoms with Crippen molar-refractivity contribution in [3.05, 3.63) is 75.8 Å². The highest BCUT2D eigenvalue weighted by atomic mass is 79.9. The van der Waals surface area contributed by atoms with Crippen LogP contribution in [0.2, 0.25) is 0 Å². The molecule has 2 N–H and O–H groups in total. The Labute approximate surface area is 219 Å². The van der Waals surface area contributed by atoms with Gasteiger partial charge in [-0.25, -0.2) is 0 Å². The molecule has 9 heteroatoms. The minimum absolute atomic E-state index is 0. The molecule has 0 fully saturated rings. The standard InChI is InChI=1S/C26H28BrNO6.ClH/c1-30-20-6-3-17(4-7-20)9-10-28-14-18-11-21(27)26(25(12-18)31-2)32-15-22(29)19-5-8-23-24(13-19)34-16-33-23;/h3-8,11-13,22,28-29H,9-10,14-16H2,1-2H3;1H. The first-order chi connectivity index (χ1) is 16.6. The second-order valence-corrected chi connectivity index (χ2v) is 8.68. The second-order valence-electron chi connectivity index (χ2n) is 7.82. The molecular weight excluding hydrogens is 538 g/mol. The van der Waals surface area contributed by atoms with Gasteiger partial charge in [0, 0.05) is 6.54 Å². The Morgan fingerprint density at radius 3 is 2.49 bits per heavy atom. The zero-order chi connectivity index (χ0) is 23.9. The SMILES string of the molecule is COc1ccc(CCNCc2cc(Br)c(OCC(O)c3ccc4c(c3)OCO4)c(OC)c2)cc1.Cl. The quantitative estimate of drug-likeness (QED) is 0.314. The van der Waals surface area contributed by atoms with Crippen LogP contribution in [-0.4, -0.2) is 39.3 Å². The van der Waals surface area contributed by atoms with Crippen LogP contribution in [0, 0.1) is 0 Å². The van der Waals surface area contributed by atoms with Gasteiger partial charge < -0.3 is 34.1 Å². The first-order valence-electron chi connectivity index (χ1n) is 11.0. The molecule has 1 aliphatic rings. The topological polar surface area (TPSA) is 78.4 Å². The van der Waals surface area contributed by atoms with Crippen molar-refractivity contribution in [3.8, 4) is 28.7 Å². The molecule has 35 heavy (non-hydrogen) atoms. The van der Waals surface area contributed by atoms with Crippen molar-refractivity contribution >= 4 is 28.3 Å². The zero-order valence-electron chi connectivity index (χ0n) is 19.6. The lowest BCUT2D eigenvalue weighted by atomic mass is 10.1. The van der Waals surface area contributed by atoms with E-state index in [2.05, 4.69) is 33.4 Å². The van der Waals surface area contributed by atoms with Gasteiger partial charge in [0.1, 0.15) is 18.5 Å². The fourth-order valence-electron chi connectivity index (χ4n) is 3.65. The molecule has 0 saturated heterocycles. The van der Waals surface area contributed by atoms with Gasteiger partial charge in [-0.2, -0.15) is 0 Å². The molecule has 4 rings (SSSR count). The highest BCUT2D eigenvalue weighted by Crippen LogP contribution is 2.38. The Balaban J connectivity index is 0.00000342. The summed E-state index contributed by atoms with van der Waals surface area (Å²) < 4.78 is 28.1. The number of halogens is 2. The summed E-state index contributed by atoms with van der Waals surface area (Å²) in [5, 5.41) is 14.1. The van der Waals surface area contributed by atoms with Crippen LogP contribution in [0.4, 0.5) is 0 Å². The number of rotatable bonds is 11. The molecule has 0 aliphatic carbocycles. The van der Waals surface area contributed by atoms with E-state index in [0.29, 0.717) is 35.1 Å². The summed E-state index contributed by atoms with van der Waals surface area (Å²) in [6.45, 7) is 1.78. The van der Waals surface area contributed by atoms with E-state index < -0.39 is 6.10 Å². The van der Waals surface area contributed by atoms with E-state index in [0.717, 1.165) is 28.8 Å². The number of fused-ring (bicyclic) bond motifs is 1. The molecule has 3 aromatic carbocycles. The molecule has 188 valence electrons. The third-order valence-corrected chi connectivity index (χ3v) is 6.12. The molecule has 0 aromatic heterocycles. The maximum atomic E-state index is 10.6. The van der Waals surface area contributed by atoms with Crippen LogP contribution < -0.4 is 29.0 Å². The number of aliphatic hydroxyl groups is 1. The van der Waals surface area contributed by atoms with E-state index in [-0.39, 0.29) is 25.8 Å². The molecule has 1 atom stereocenters. The first kappa shape index (κ1) is 26.9. The van der Waals surface area contributed by atoms with E-state index >= 15 is 0 Å². The van der Waals surface area contributed by atoms with Crippen LogP contribution in [0.15, 0.2) is 59.1 Å². The van der Waals surface area contributed by atoms with Gasteiger partial charge >= 0.3 is 0 Å². The van der Waals surface area contributed by atoms with Crippen LogP contribution in [0.25, 0.3) is 0 Å². The molecule has 0 radical (unpaired) electrons. The molecule has 3 aromatic rings. The highest BCUT2D eigenvalue weighted by Gasteiger charge is 2.19. The summed E-state index contributed by atoms with van der Waals surface area (Å²) in [5.41, 5.74) is 3.00. The predicted octanol–water partition coefficient (Wildman–Crippen LogP) is 5.06. The highest BCUT2D eigenvalue weighted by molar-refractivity contribution is 9.10. The Kier molecular flexibility index (Phi) is 9.92. The number of hydrogen-bond donors (Lipinski definition) is 2.